The van der Waals surface area contributed by atoms with E-state index in [0.29, 0.717) is 12.8 Å². The van der Waals surface area contributed by atoms with Crippen molar-refractivity contribution in [2.45, 2.75) is 37.0 Å². The van der Waals surface area contributed by atoms with Crippen molar-refractivity contribution in [1.82, 2.24) is 15.1 Å². The Hall–Kier alpha value is -1.57. The molecule has 2 unspecified atom stereocenters. The molecule has 0 aliphatic heterocycles. The summed E-state index contributed by atoms with van der Waals surface area (Å²) in [7, 11) is 1.54. The van der Waals surface area contributed by atoms with Gasteiger partial charge in [-0.2, -0.15) is 18.3 Å². The van der Waals surface area contributed by atoms with Crippen molar-refractivity contribution in [3.05, 3.63) is 18.0 Å². The highest BCUT2D eigenvalue weighted by atomic mass is 19.4. The van der Waals surface area contributed by atoms with Gasteiger partial charge >= 0.3 is 12.1 Å². The predicted octanol–water partition coefficient (Wildman–Crippen LogP) is 1.67. The van der Waals surface area contributed by atoms with Crippen LogP contribution in [0.5, 0.6) is 0 Å². The van der Waals surface area contributed by atoms with E-state index in [0.717, 1.165) is 12.4 Å². The molecule has 0 bridgehead atoms. The zero-order valence-electron chi connectivity index (χ0n) is 10.2. The van der Waals surface area contributed by atoms with E-state index in [-0.39, 0.29) is 12.5 Å². The molecule has 106 valence electrons. The topological polar surface area (TPSA) is 67.2 Å². The predicted molar refractivity (Wildman–Crippen MR) is 59.5 cm³/mol. The van der Waals surface area contributed by atoms with Crippen LogP contribution in [0.15, 0.2) is 12.4 Å². The first kappa shape index (κ1) is 13.9. The Morgan fingerprint density at radius 3 is 2.74 bits per heavy atom. The number of hydrogen-bond acceptors (Lipinski definition) is 3. The van der Waals surface area contributed by atoms with Crippen LogP contribution in [-0.2, 0) is 11.0 Å². The molecule has 1 aliphatic rings. The van der Waals surface area contributed by atoms with Gasteiger partial charge in [0, 0.05) is 6.20 Å². The minimum absolute atomic E-state index is 0.220. The van der Waals surface area contributed by atoms with Gasteiger partial charge in [-0.3, -0.25) is 9.48 Å². The van der Waals surface area contributed by atoms with Crippen molar-refractivity contribution < 1.29 is 23.1 Å². The van der Waals surface area contributed by atoms with Gasteiger partial charge in [0.15, 0.2) is 0 Å². The van der Waals surface area contributed by atoms with Crippen LogP contribution in [0.3, 0.4) is 0 Å². The van der Waals surface area contributed by atoms with Crippen LogP contribution in [0.25, 0.3) is 0 Å². The minimum Gasteiger partial charge on any atom is -0.480 e. The van der Waals surface area contributed by atoms with Gasteiger partial charge in [0.1, 0.15) is 5.54 Å². The Labute approximate surface area is 107 Å². The van der Waals surface area contributed by atoms with Gasteiger partial charge in [0.2, 0.25) is 0 Å². The number of aromatic nitrogens is 2. The lowest BCUT2D eigenvalue weighted by Gasteiger charge is -2.23. The summed E-state index contributed by atoms with van der Waals surface area (Å²) in [5.74, 6) is -0.985. The summed E-state index contributed by atoms with van der Waals surface area (Å²) in [6.07, 6.45) is -1.67. The Morgan fingerprint density at radius 1 is 1.63 bits per heavy atom. The Bertz CT molecular complexity index is 486. The minimum atomic E-state index is -4.43. The van der Waals surface area contributed by atoms with Crippen LogP contribution in [0, 0.1) is 0 Å². The zero-order valence-corrected chi connectivity index (χ0v) is 10.2. The molecule has 2 N–H and O–H groups in total. The van der Waals surface area contributed by atoms with Crippen LogP contribution in [0.4, 0.5) is 13.2 Å². The van der Waals surface area contributed by atoms with E-state index in [1.54, 1.807) is 7.05 Å². The first-order chi connectivity index (χ1) is 8.78. The Kier molecular flexibility index (Phi) is 3.29. The second kappa shape index (κ2) is 4.52. The average Bonchev–Trinajstić information content (AvgIpc) is 2.95. The van der Waals surface area contributed by atoms with Gasteiger partial charge in [0.25, 0.3) is 0 Å². The van der Waals surface area contributed by atoms with Gasteiger partial charge in [-0.1, -0.05) is 0 Å². The maximum Gasteiger partial charge on any atom is 0.419 e. The van der Waals surface area contributed by atoms with Crippen molar-refractivity contribution in [1.29, 1.82) is 0 Å². The van der Waals surface area contributed by atoms with Crippen LogP contribution in [-0.4, -0.2) is 33.4 Å². The molecule has 1 aromatic rings. The van der Waals surface area contributed by atoms with Crippen molar-refractivity contribution >= 4 is 5.97 Å². The van der Waals surface area contributed by atoms with E-state index in [4.69, 9.17) is 0 Å². The van der Waals surface area contributed by atoms with Crippen molar-refractivity contribution in [3.63, 3.8) is 0 Å². The van der Waals surface area contributed by atoms with Gasteiger partial charge in [-0.15, -0.1) is 0 Å². The Morgan fingerprint density at radius 2 is 2.32 bits per heavy atom. The average molecular weight is 277 g/mol. The molecule has 5 nitrogen and oxygen atoms in total. The number of halogens is 3. The SMILES string of the molecule is CNC1(C(=O)O)CCC(n2cc(C(F)(F)F)cn2)C1. The highest BCUT2D eigenvalue weighted by Crippen LogP contribution is 2.38. The summed E-state index contributed by atoms with van der Waals surface area (Å²) in [5.41, 5.74) is -1.89. The van der Waals surface area contributed by atoms with Crippen LogP contribution < -0.4 is 5.32 Å². The molecular formula is C11H14F3N3O2. The molecule has 19 heavy (non-hydrogen) atoms. The molecule has 1 saturated carbocycles. The fourth-order valence-electron chi connectivity index (χ4n) is 2.46. The highest BCUT2D eigenvalue weighted by Gasteiger charge is 2.45. The number of carboxylic acids is 1. The van der Waals surface area contributed by atoms with Crippen molar-refractivity contribution in [2.75, 3.05) is 7.05 Å². The molecule has 1 aromatic heterocycles. The summed E-state index contributed by atoms with van der Waals surface area (Å²) in [6, 6.07) is -0.334. The number of aliphatic carboxylic acids is 1. The summed E-state index contributed by atoms with van der Waals surface area (Å²) >= 11 is 0. The molecule has 0 amide bonds. The second-order valence-electron chi connectivity index (χ2n) is 4.74. The number of carbonyl (C=O) groups is 1. The van der Waals surface area contributed by atoms with Gasteiger partial charge in [-0.05, 0) is 26.3 Å². The third-order valence-electron chi connectivity index (χ3n) is 3.68. The monoisotopic (exact) mass is 277 g/mol. The lowest BCUT2D eigenvalue weighted by molar-refractivity contribution is -0.144. The van der Waals surface area contributed by atoms with E-state index < -0.39 is 23.2 Å². The van der Waals surface area contributed by atoms with Gasteiger partial charge < -0.3 is 10.4 Å². The largest absolute Gasteiger partial charge is 0.480 e. The zero-order chi connectivity index (χ0) is 14.3. The third-order valence-corrected chi connectivity index (χ3v) is 3.68. The molecule has 8 heteroatoms. The maximum absolute atomic E-state index is 12.5. The number of rotatable bonds is 3. The quantitative estimate of drug-likeness (QED) is 0.882. The lowest BCUT2D eigenvalue weighted by Crippen LogP contribution is -2.48. The lowest BCUT2D eigenvalue weighted by atomic mass is 9.98. The van der Waals surface area contributed by atoms with E-state index in [1.807, 2.05) is 0 Å². The molecular weight excluding hydrogens is 263 g/mol. The van der Waals surface area contributed by atoms with E-state index in [1.165, 1.54) is 4.68 Å². The summed E-state index contributed by atoms with van der Waals surface area (Å²) in [6.45, 7) is 0. The summed E-state index contributed by atoms with van der Waals surface area (Å²) in [4.78, 5) is 11.2. The van der Waals surface area contributed by atoms with Gasteiger partial charge in [0.05, 0.1) is 17.8 Å². The molecule has 0 aromatic carbocycles. The number of nitrogens with zero attached hydrogens (tertiary/aromatic N) is 2. The summed E-state index contributed by atoms with van der Waals surface area (Å²) < 4.78 is 38.6. The summed E-state index contributed by atoms with van der Waals surface area (Å²) in [5, 5.41) is 15.6. The molecule has 2 atom stereocenters. The van der Waals surface area contributed by atoms with Crippen LogP contribution in [0.1, 0.15) is 30.9 Å². The standard InChI is InChI=1S/C11H14F3N3O2/c1-15-10(9(18)19)3-2-8(4-10)17-6-7(5-16-17)11(12,13)14/h5-6,8,15H,2-4H2,1H3,(H,18,19). The fraction of sp³-hybridized carbons (Fsp3) is 0.636. The van der Waals surface area contributed by atoms with E-state index in [9.17, 15) is 23.1 Å². The van der Waals surface area contributed by atoms with Gasteiger partial charge in [-0.25, -0.2) is 0 Å². The fourth-order valence-corrected chi connectivity index (χ4v) is 2.46. The number of likely N-dealkylation sites (N-methyl/N-ethyl adjacent to an activating group) is 1. The molecule has 1 fully saturated rings. The number of alkyl halides is 3. The number of nitrogens with one attached hydrogen (secondary N) is 1. The number of hydrogen-bond donors (Lipinski definition) is 2. The van der Waals surface area contributed by atoms with Crippen LogP contribution in [0.2, 0.25) is 0 Å². The smallest absolute Gasteiger partial charge is 0.419 e. The molecule has 2 rings (SSSR count). The normalized spacial score (nSPS) is 27.7. The van der Waals surface area contributed by atoms with E-state index in [2.05, 4.69) is 10.4 Å². The molecule has 1 heterocycles. The van der Waals surface area contributed by atoms with Crippen molar-refractivity contribution in [3.8, 4) is 0 Å². The Balaban J connectivity index is 2.17. The molecule has 0 radical (unpaired) electrons. The molecule has 1 aliphatic carbocycles. The first-order valence-corrected chi connectivity index (χ1v) is 5.82. The second-order valence-corrected chi connectivity index (χ2v) is 4.74. The first-order valence-electron chi connectivity index (χ1n) is 5.82. The van der Waals surface area contributed by atoms with Crippen molar-refractivity contribution in [2.24, 2.45) is 0 Å². The maximum atomic E-state index is 12.5. The van der Waals surface area contributed by atoms with E-state index >= 15 is 0 Å². The third kappa shape index (κ3) is 2.44. The molecule has 0 spiro atoms. The van der Waals surface area contributed by atoms with Crippen LogP contribution >= 0.6 is 0 Å². The highest BCUT2D eigenvalue weighted by molar-refractivity contribution is 5.79. The number of carboxylic acid groups (broad SMARTS) is 1. The molecule has 0 saturated heterocycles.